The Bertz CT molecular complexity index is 525. The number of phenols is 1. The Morgan fingerprint density at radius 2 is 2.05 bits per heavy atom. The summed E-state index contributed by atoms with van der Waals surface area (Å²) in [4.78, 5) is 13.0. The molecule has 0 radical (unpaired) electrons. The van der Waals surface area contributed by atoms with Crippen LogP contribution in [0.4, 0.5) is 5.69 Å². The van der Waals surface area contributed by atoms with Gasteiger partial charge in [-0.1, -0.05) is 6.42 Å². The predicted octanol–water partition coefficient (Wildman–Crippen LogP) is 2.05. The second-order valence-electron chi connectivity index (χ2n) is 5.92. The molecule has 1 aliphatic heterocycles. The molecule has 21 heavy (non-hydrogen) atoms. The summed E-state index contributed by atoms with van der Waals surface area (Å²) in [6.07, 6.45) is 3.48. The van der Waals surface area contributed by atoms with Gasteiger partial charge in [0, 0.05) is 49.9 Å². The van der Waals surface area contributed by atoms with Gasteiger partial charge in [-0.05, 0) is 24.8 Å². The summed E-state index contributed by atoms with van der Waals surface area (Å²) < 4.78 is 0. The maximum Gasteiger partial charge on any atom is 0.270 e. The number of hydrogen-bond donors (Lipinski definition) is 2. The van der Waals surface area contributed by atoms with Gasteiger partial charge in [-0.15, -0.1) is 0 Å². The van der Waals surface area contributed by atoms with Gasteiger partial charge in [-0.25, -0.2) is 0 Å². The standard InChI is InChI=1S/C15H21N3O3/c19-14-5-4-12(18(20)21)10-13(14)15(11-2-1-3-11)17-8-6-16-7-9-17/h4-5,10-11,15-16,19H,1-3,6-9H2/t15-/m1/s1. The smallest absolute Gasteiger partial charge is 0.270 e. The van der Waals surface area contributed by atoms with Crippen molar-refractivity contribution in [1.82, 2.24) is 10.2 Å². The first-order valence-electron chi connectivity index (χ1n) is 7.59. The molecule has 6 heteroatoms. The monoisotopic (exact) mass is 291 g/mol. The second kappa shape index (κ2) is 5.99. The van der Waals surface area contributed by atoms with Crippen molar-refractivity contribution in [3.63, 3.8) is 0 Å². The molecule has 1 saturated heterocycles. The van der Waals surface area contributed by atoms with E-state index >= 15 is 0 Å². The molecule has 114 valence electrons. The molecule has 0 amide bonds. The number of benzene rings is 1. The second-order valence-corrected chi connectivity index (χ2v) is 5.92. The Morgan fingerprint density at radius 1 is 1.33 bits per heavy atom. The van der Waals surface area contributed by atoms with E-state index in [0.717, 1.165) is 44.6 Å². The highest BCUT2D eigenvalue weighted by Gasteiger charge is 2.35. The molecule has 1 atom stereocenters. The van der Waals surface area contributed by atoms with Gasteiger partial charge in [0.05, 0.1) is 4.92 Å². The number of nitro benzene ring substituents is 1. The van der Waals surface area contributed by atoms with Crippen molar-refractivity contribution in [1.29, 1.82) is 0 Å². The van der Waals surface area contributed by atoms with Gasteiger partial charge in [-0.2, -0.15) is 0 Å². The zero-order chi connectivity index (χ0) is 14.8. The van der Waals surface area contributed by atoms with Gasteiger partial charge in [0.25, 0.3) is 5.69 Å². The van der Waals surface area contributed by atoms with Crippen LogP contribution in [0, 0.1) is 16.0 Å². The number of non-ortho nitro benzene ring substituents is 1. The van der Waals surface area contributed by atoms with Gasteiger partial charge in [0.2, 0.25) is 0 Å². The molecular weight excluding hydrogens is 270 g/mol. The quantitative estimate of drug-likeness (QED) is 0.655. The summed E-state index contributed by atoms with van der Waals surface area (Å²) in [5, 5.41) is 24.6. The lowest BCUT2D eigenvalue weighted by atomic mass is 9.76. The zero-order valence-corrected chi connectivity index (χ0v) is 12.0. The topological polar surface area (TPSA) is 78.6 Å². The molecule has 1 aliphatic carbocycles. The van der Waals surface area contributed by atoms with Gasteiger partial charge in [0.1, 0.15) is 5.75 Å². The van der Waals surface area contributed by atoms with Crippen LogP contribution in [-0.4, -0.2) is 41.1 Å². The first-order valence-corrected chi connectivity index (χ1v) is 7.59. The van der Waals surface area contributed by atoms with E-state index in [2.05, 4.69) is 10.2 Å². The van der Waals surface area contributed by atoms with Crippen LogP contribution >= 0.6 is 0 Å². The fourth-order valence-corrected chi connectivity index (χ4v) is 3.36. The fourth-order valence-electron chi connectivity index (χ4n) is 3.36. The van der Waals surface area contributed by atoms with Crippen molar-refractivity contribution in [3.05, 3.63) is 33.9 Å². The number of phenolic OH excluding ortho intramolecular Hbond substituents is 1. The van der Waals surface area contributed by atoms with E-state index in [-0.39, 0.29) is 17.5 Å². The van der Waals surface area contributed by atoms with E-state index < -0.39 is 4.92 Å². The molecule has 0 spiro atoms. The van der Waals surface area contributed by atoms with E-state index in [0.29, 0.717) is 5.92 Å². The Hall–Kier alpha value is -1.66. The summed E-state index contributed by atoms with van der Waals surface area (Å²) >= 11 is 0. The van der Waals surface area contributed by atoms with Crippen LogP contribution in [0.1, 0.15) is 30.9 Å². The minimum atomic E-state index is -0.390. The average molecular weight is 291 g/mol. The minimum Gasteiger partial charge on any atom is -0.508 e. The molecule has 2 fully saturated rings. The SMILES string of the molecule is O=[N+]([O-])c1ccc(O)c([C@@H](C2CCC2)N2CCNCC2)c1. The number of nitrogens with zero attached hydrogens (tertiary/aromatic N) is 2. The highest BCUT2D eigenvalue weighted by atomic mass is 16.6. The lowest BCUT2D eigenvalue weighted by molar-refractivity contribution is -0.385. The van der Waals surface area contributed by atoms with Crippen LogP contribution in [0.25, 0.3) is 0 Å². The Morgan fingerprint density at radius 3 is 2.62 bits per heavy atom. The molecule has 1 aromatic carbocycles. The number of aromatic hydroxyl groups is 1. The minimum absolute atomic E-state index is 0.0576. The third-order valence-corrected chi connectivity index (χ3v) is 4.68. The maximum absolute atomic E-state index is 11.0. The molecule has 0 aromatic heterocycles. The van der Waals surface area contributed by atoms with E-state index in [1.54, 1.807) is 6.07 Å². The van der Waals surface area contributed by atoms with E-state index in [1.807, 2.05) is 0 Å². The van der Waals surface area contributed by atoms with Crippen molar-refractivity contribution in [2.45, 2.75) is 25.3 Å². The van der Waals surface area contributed by atoms with Crippen molar-refractivity contribution in [2.24, 2.45) is 5.92 Å². The van der Waals surface area contributed by atoms with Crippen LogP contribution in [0.5, 0.6) is 5.75 Å². The van der Waals surface area contributed by atoms with Crippen LogP contribution < -0.4 is 5.32 Å². The van der Waals surface area contributed by atoms with Crippen molar-refractivity contribution in [3.8, 4) is 5.75 Å². The molecule has 1 saturated carbocycles. The lowest BCUT2D eigenvalue weighted by Crippen LogP contribution is -2.47. The molecular formula is C15H21N3O3. The number of nitro groups is 1. The number of nitrogens with one attached hydrogen (secondary N) is 1. The molecule has 0 unspecified atom stereocenters. The predicted molar refractivity (Wildman–Crippen MR) is 79.3 cm³/mol. The van der Waals surface area contributed by atoms with Crippen LogP contribution in [0.3, 0.4) is 0 Å². The number of piperazine rings is 1. The summed E-state index contributed by atoms with van der Waals surface area (Å²) in [6, 6.07) is 4.48. The van der Waals surface area contributed by atoms with Crippen molar-refractivity contribution >= 4 is 5.69 Å². The Kier molecular flexibility index (Phi) is 4.07. The molecule has 3 rings (SSSR count). The molecule has 2 N–H and O–H groups in total. The maximum atomic E-state index is 11.0. The first kappa shape index (κ1) is 14.3. The van der Waals surface area contributed by atoms with Gasteiger partial charge < -0.3 is 10.4 Å². The molecule has 0 bridgehead atoms. The molecule has 6 nitrogen and oxygen atoms in total. The van der Waals surface area contributed by atoms with E-state index in [4.69, 9.17) is 0 Å². The molecule has 1 aromatic rings. The number of rotatable bonds is 4. The highest BCUT2D eigenvalue weighted by Crippen LogP contribution is 2.44. The highest BCUT2D eigenvalue weighted by molar-refractivity contribution is 5.45. The van der Waals surface area contributed by atoms with Gasteiger partial charge in [-0.3, -0.25) is 15.0 Å². The Balaban J connectivity index is 1.94. The third kappa shape index (κ3) is 2.87. The fraction of sp³-hybridized carbons (Fsp3) is 0.600. The van der Waals surface area contributed by atoms with E-state index in [1.165, 1.54) is 18.6 Å². The Labute approximate surface area is 123 Å². The largest absolute Gasteiger partial charge is 0.508 e. The van der Waals surface area contributed by atoms with Crippen LogP contribution in [0.15, 0.2) is 18.2 Å². The molecule has 1 heterocycles. The van der Waals surface area contributed by atoms with Crippen molar-refractivity contribution in [2.75, 3.05) is 26.2 Å². The summed E-state index contributed by atoms with van der Waals surface area (Å²) in [5.41, 5.74) is 0.776. The van der Waals surface area contributed by atoms with Crippen LogP contribution in [-0.2, 0) is 0 Å². The van der Waals surface area contributed by atoms with Crippen molar-refractivity contribution < 1.29 is 10.0 Å². The zero-order valence-electron chi connectivity index (χ0n) is 12.0. The first-order chi connectivity index (χ1) is 10.2. The summed E-state index contributed by atoms with van der Waals surface area (Å²) in [7, 11) is 0. The summed E-state index contributed by atoms with van der Waals surface area (Å²) in [5.74, 6) is 0.673. The third-order valence-electron chi connectivity index (χ3n) is 4.68. The number of hydrogen-bond acceptors (Lipinski definition) is 5. The van der Waals surface area contributed by atoms with Gasteiger partial charge >= 0.3 is 0 Å². The average Bonchev–Trinajstić information content (AvgIpc) is 2.44. The summed E-state index contributed by atoms with van der Waals surface area (Å²) in [6.45, 7) is 3.70. The normalized spacial score (nSPS) is 21.7. The van der Waals surface area contributed by atoms with E-state index in [9.17, 15) is 15.2 Å². The molecule has 2 aliphatic rings. The lowest BCUT2D eigenvalue weighted by Gasteiger charge is -2.43. The van der Waals surface area contributed by atoms with Crippen LogP contribution in [0.2, 0.25) is 0 Å². The van der Waals surface area contributed by atoms with Gasteiger partial charge in [0.15, 0.2) is 0 Å².